The number of ether oxygens (including phenoxy) is 1. The van der Waals surface area contributed by atoms with Gasteiger partial charge >= 0.3 is 0 Å². The quantitative estimate of drug-likeness (QED) is 0.573. The van der Waals surface area contributed by atoms with Crippen molar-refractivity contribution in [2.75, 3.05) is 30.3 Å². The summed E-state index contributed by atoms with van der Waals surface area (Å²) in [4.78, 5) is 12.2. The van der Waals surface area contributed by atoms with Gasteiger partial charge in [0.05, 0.1) is 18.5 Å². The van der Waals surface area contributed by atoms with E-state index < -0.39 is 28.3 Å². The molecule has 29 heavy (non-hydrogen) atoms. The third-order valence-corrected chi connectivity index (χ3v) is 5.35. The summed E-state index contributed by atoms with van der Waals surface area (Å²) in [6, 6.07) is 19.0. The lowest BCUT2D eigenvalue weighted by Crippen LogP contribution is -2.41. The van der Waals surface area contributed by atoms with E-state index in [1.54, 1.807) is 0 Å². The molecule has 3 aromatic rings. The van der Waals surface area contributed by atoms with Crippen LogP contribution in [0.3, 0.4) is 0 Å². The monoisotopic (exact) mass is 416 g/mol. The third-order valence-electron chi connectivity index (χ3n) is 4.22. The van der Waals surface area contributed by atoms with Crippen molar-refractivity contribution in [3.05, 3.63) is 72.5 Å². The number of rotatable bonds is 8. The molecule has 1 N–H and O–H groups in total. The smallest absolute Gasteiger partial charge is 0.240 e. The Labute approximate surface area is 169 Å². The summed E-state index contributed by atoms with van der Waals surface area (Å²) in [6.45, 7) is -0.126. The fourth-order valence-electron chi connectivity index (χ4n) is 2.84. The summed E-state index contributed by atoms with van der Waals surface area (Å²) in [5.74, 6) is -0.603. The Kier molecular flexibility index (Phi) is 6.33. The molecule has 0 aliphatic carbocycles. The first-order chi connectivity index (χ1) is 13.8. The minimum atomic E-state index is -3.83. The van der Waals surface area contributed by atoms with E-state index in [1.165, 1.54) is 18.2 Å². The Morgan fingerprint density at radius 3 is 2.45 bits per heavy atom. The maximum absolute atomic E-state index is 14.0. The van der Waals surface area contributed by atoms with Crippen LogP contribution in [-0.2, 0) is 14.8 Å². The number of amides is 1. The number of hydrogen-bond acceptors (Lipinski definition) is 4. The average molecular weight is 416 g/mol. The molecule has 3 aromatic carbocycles. The first kappa shape index (κ1) is 20.6. The molecule has 0 saturated carbocycles. The Morgan fingerprint density at radius 1 is 1.03 bits per heavy atom. The summed E-state index contributed by atoms with van der Waals surface area (Å²) in [5.41, 5.74) is -0.169. The summed E-state index contributed by atoms with van der Waals surface area (Å²) >= 11 is 0. The molecule has 152 valence electrons. The maximum atomic E-state index is 14.0. The van der Waals surface area contributed by atoms with Crippen LogP contribution in [0.4, 0.5) is 10.1 Å². The number of sulfonamides is 1. The highest BCUT2D eigenvalue weighted by Crippen LogP contribution is 2.21. The van der Waals surface area contributed by atoms with Gasteiger partial charge in [-0.2, -0.15) is 0 Å². The highest BCUT2D eigenvalue weighted by atomic mass is 32.2. The molecule has 0 bridgehead atoms. The van der Waals surface area contributed by atoms with Crippen molar-refractivity contribution >= 4 is 32.4 Å². The Hall–Kier alpha value is -3.13. The molecule has 6 nitrogen and oxygen atoms in total. The number of fused-ring (bicyclic) bond motifs is 1. The zero-order valence-electron chi connectivity index (χ0n) is 15.8. The first-order valence-electron chi connectivity index (χ1n) is 8.95. The second-order valence-electron chi connectivity index (χ2n) is 6.43. The van der Waals surface area contributed by atoms with E-state index in [1.807, 2.05) is 42.5 Å². The predicted octanol–water partition coefficient (Wildman–Crippen LogP) is 2.94. The minimum Gasteiger partial charge on any atom is -0.492 e. The fourth-order valence-corrected chi connectivity index (χ4v) is 3.70. The summed E-state index contributed by atoms with van der Waals surface area (Å²) in [5, 5.41) is 4.73. The number of benzene rings is 3. The van der Waals surface area contributed by atoms with Crippen LogP contribution in [0.5, 0.6) is 5.75 Å². The molecule has 0 saturated heterocycles. The van der Waals surface area contributed by atoms with Crippen molar-refractivity contribution in [3.8, 4) is 5.75 Å². The molecular formula is C21H21FN2O4S. The number of carbonyl (C=O) groups excluding carboxylic acids is 1. The zero-order chi connectivity index (χ0) is 20.9. The van der Waals surface area contributed by atoms with Gasteiger partial charge < -0.3 is 10.1 Å². The lowest BCUT2D eigenvalue weighted by atomic mass is 10.1. The lowest BCUT2D eigenvalue weighted by molar-refractivity contribution is -0.119. The van der Waals surface area contributed by atoms with Gasteiger partial charge in [0.25, 0.3) is 0 Å². The van der Waals surface area contributed by atoms with Crippen molar-refractivity contribution in [1.82, 2.24) is 5.32 Å². The van der Waals surface area contributed by atoms with Crippen molar-refractivity contribution in [2.45, 2.75) is 0 Å². The van der Waals surface area contributed by atoms with Crippen LogP contribution < -0.4 is 14.4 Å². The summed E-state index contributed by atoms with van der Waals surface area (Å²) in [7, 11) is -3.83. The number of nitrogens with one attached hydrogen (secondary N) is 1. The number of carbonyl (C=O) groups is 1. The molecule has 0 aliphatic heterocycles. The van der Waals surface area contributed by atoms with E-state index >= 15 is 0 Å². The molecule has 0 spiro atoms. The van der Waals surface area contributed by atoms with Gasteiger partial charge in [-0.3, -0.25) is 9.10 Å². The largest absolute Gasteiger partial charge is 0.492 e. The van der Waals surface area contributed by atoms with Crippen LogP contribution >= 0.6 is 0 Å². The van der Waals surface area contributed by atoms with Crippen LogP contribution in [0, 0.1) is 5.82 Å². The molecule has 0 aliphatic rings. The van der Waals surface area contributed by atoms with Crippen LogP contribution in [0.15, 0.2) is 66.7 Å². The van der Waals surface area contributed by atoms with Crippen LogP contribution in [0.1, 0.15) is 0 Å². The van der Waals surface area contributed by atoms with E-state index in [0.29, 0.717) is 5.75 Å². The Bertz CT molecular complexity index is 1120. The number of para-hydroxylation sites is 1. The van der Waals surface area contributed by atoms with E-state index in [4.69, 9.17) is 4.74 Å². The molecule has 0 unspecified atom stereocenters. The highest BCUT2D eigenvalue weighted by molar-refractivity contribution is 7.92. The van der Waals surface area contributed by atoms with Crippen molar-refractivity contribution < 1.29 is 22.3 Å². The normalized spacial score (nSPS) is 11.2. The third kappa shape index (κ3) is 5.45. The number of halogens is 1. The van der Waals surface area contributed by atoms with E-state index in [0.717, 1.165) is 27.4 Å². The fraction of sp³-hybridized carbons (Fsp3) is 0.190. The van der Waals surface area contributed by atoms with Crippen molar-refractivity contribution in [1.29, 1.82) is 0 Å². The van der Waals surface area contributed by atoms with Gasteiger partial charge in [0.2, 0.25) is 15.9 Å². The summed E-state index contributed by atoms with van der Waals surface area (Å²) in [6.07, 6.45) is 0.926. The van der Waals surface area contributed by atoms with Gasteiger partial charge in [-0.15, -0.1) is 0 Å². The zero-order valence-corrected chi connectivity index (χ0v) is 16.7. The minimum absolute atomic E-state index is 0.169. The molecule has 0 atom stereocenters. The standard InChI is InChI=1S/C21H21FN2O4S/c1-29(26,27)24(20-9-5-4-8-19(20)22)15-21(25)23-12-13-28-18-11-10-16-6-2-3-7-17(16)14-18/h2-11,14H,12-13,15H2,1H3,(H,23,25). The van der Waals surface area contributed by atoms with Crippen LogP contribution in [0.2, 0.25) is 0 Å². The molecule has 8 heteroatoms. The van der Waals surface area contributed by atoms with Crippen molar-refractivity contribution in [2.24, 2.45) is 0 Å². The number of anilines is 1. The van der Waals surface area contributed by atoms with E-state index in [-0.39, 0.29) is 18.8 Å². The van der Waals surface area contributed by atoms with Crippen molar-refractivity contribution in [3.63, 3.8) is 0 Å². The average Bonchev–Trinajstić information content (AvgIpc) is 2.69. The van der Waals surface area contributed by atoms with Gasteiger partial charge in [0, 0.05) is 0 Å². The second-order valence-corrected chi connectivity index (χ2v) is 8.34. The Balaban J connectivity index is 1.54. The van der Waals surface area contributed by atoms with E-state index in [9.17, 15) is 17.6 Å². The number of nitrogens with zero attached hydrogens (tertiary/aromatic N) is 1. The van der Waals surface area contributed by atoms with Crippen LogP contribution in [0.25, 0.3) is 10.8 Å². The Morgan fingerprint density at radius 2 is 1.72 bits per heavy atom. The van der Waals surface area contributed by atoms with Gasteiger partial charge in [-0.25, -0.2) is 12.8 Å². The van der Waals surface area contributed by atoms with Gasteiger partial charge in [-0.05, 0) is 35.0 Å². The highest BCUT2D eigenvalue weighted by Gasteiger charge is 2.23. The molecule has 0 radical (unpaired) electrons. The topological polar surface area (TPSA) is 75.7 Å². The first-order valence-corrected chi connectivity index (χ1v) is 10.8. The molecule has 0 fully saturated rings. The maximum Gasteiger partial charge on any atom is 0.240 e. The number of hydrogen-bond donors (Lipinski definition) is 1. The second kappa shape index (κ2) is 8.91. The molecule has 0 heterocycles. The van der Waals surface area contributed by atoms with Gasteiger partial charge in [0.15, 0.2) is 0 Å². The molecule has 0 aromatic heterocycles. The molecule has 3 rings (SSSR count). The lowest BCUT2D eigenvalue weighted by Gasteiger charge is -2.22. The molecular weight excluding hydrogens is 395 g/mol. The SMILES string of the molecule is CS(=O)(=O)N(CC(=O)NCCOc1ccc2ccccc2c1)c1ccccc1F. The van der Waals surface area contributed by atoms with Gasteiger partial charge in [0.1, 0.15) is 24.7 Å². The van der Waals surface area contributed by atoms with E-state index in [2.05, 4.69) is 5.32 Å². The summed E-state index contributed by atoms with van der Waals surface area (Å²) < 4.78 is 44.3. The molecule has 1 amide bonds. The predicted molar refractivity (Wildman–Crippen MR) is 111 cm³/mol. The van der Waals surface area contributed by atoms with Crippen LogP contribution in [-0.4, -0.2) is 40.3 Å². The van der Waals surface area contributed by atoms with Gasteiger partial charge in [-0.1, -0.05) is 42.5 Å².